The Bertz CT molecular complexity index is 1110. The second-order valence-electron chi connectivity index (χ2n) is 7.86. The third-order valence-corrected chi connectivity index (χ3v) is 5.58. The third-order valence-electron chi connectivity index (χ3n) is 5.58. The van der Waals surface area contributed by atoms with E-state index in [1.165, 1.54) is 30.9 Å². The molecule has 2 N–H and O–H groups in total. The second-order valence-corrected chi connectivity index (χ2v) is 7.86. The highest BCUT2D eigenvalue weighted by atomic mass is 19.3. The van der Waals surface area contributed by atoms with Crippen molar-refractivity contribution in [1.29, 1.82) is 0 Å². The molecule has 1 aromatic carbocycles. The predicted molar refractivity (Wildman–Crippen MR) is 110 cm³/mol. The topological polar surface area (TPSA) is 92.9 Å². The van der Waals surface area contributed by atoms with Crippen LogP contribution < -0.4 is 5.32 Å². The number of carbonyl (C=O) groups is 1. The van der Waals surface area contributed by atoms with Gasteiger partial charge in [-0.25, -0.2) is 4.98 Å². The van der Waals surface area contributed by atoms with Crippen LogP contribution in [0.2, 0.25) is 0 Å². The van der Waals surface area contributed by atoms with E-state index in [1.807, 2.05) is 0 Å². The monoisotopic (exact) mass is 427 g/mol. The van der Waals surface area contributed by atoms with Gasteiger partial charge in [0.1, 0.15) is 12.0 Å². The number of aromatic nitrogens is 4. The Morgan fingerprint density at radius 1 is 1.32 bits per heavy atom. The van der Waals surface area contributed by atoms with Gasteiger partial charge in [-0.1, -0.05) is 25.1 Å². The number of amides is 1. The SMILES string of the molecule is CC(c1cccc(NC(=O)c2ccc(CO)c(C3CC3)n2)c1)C(F)(F)c1nncn1C. The Hall–Kier alpha value is -3.20. The van der Waals surface area contributed by atoms with Crippen LogP contribution >= 0.6 is 0 Å². The van der Waals surface area contributed by atoms with Gasteiger partial charge in [-0.05, 0) is 42.2 Å². The van der Waals surface area contributed by atoms with Crippen LogP contribution in [0.1, 0.15) is 64.7 Å². The van der Waals surface area contributed by atoms with Crippen molar-refractivity contribution in [3.05, 3.63) is 71.1 Å². The molecule has 1 atom stereocenters. The Morgan fingerprint density at radius 3 is 2.74 bits per heavy atom. The highest BCUT2D eigenvalue weighted by Gasteiger charge is 2.43. The average molecular weight is 427 g/mol. The maximum absolute atomic E-state index is 14.9. The third kappa shape index (κ3) is 4.18. The second kappa shape index (κ2) is 8.14. The number of carbonyl (C=O) groups excluding carboxylic acids is 1. The summed E-state index contributed by atoms with van der Waals surface area (Å²) < 4.78 is 31.1. The van der Waals surface area contributed by atoms with Crippen LogP contribution in [0.4, 0.5) is 14.5 Å². The number of hydrogen-bond donors (Lipinski definition) is 2. The molecule has 1 aliphatic carbocycles. The standard InChI is InChI=1S/C22H23F2N5O2/c1-13(22(23,24)21-28-25-12-29(21)2)15-4-3-5-17(10-15)26-20(31)18-9-8-16(11-30)19(27-18)14-6-7-14/h3-5,8-10,12-14,30H,6-7,11H2,1-2H3,(H,26,31). The van der Waals surface area contributed by atoms with Gasteiger partial charge in [0.15, 0.2) is 0 Å². The van der Waals surface area contributed by atoms with Gasteiger partial charge in [-0.15, -0.1) is 10.2 Å². The van der Waals surface area contributed by atoms with Crippen LogP contribution in [0.3, 0.4) is 0 Å². The minimum absolute atomic E-state index is 0.125. The lowest BCUT2D eigenvalue weighted by atomic mass is 9.93. The highest BCUT2D eigenvalue weighted by molar-refractivity contribution is 6.03. The smallest absolute Gasteiger partial charge is 0.313 e. The van der Waals surface area contributed by atoms with Crippen LogP contribution in [0.25, 0.3) is 0 Å². The molecule has 31 heavy (non-hydrogen) atoms. The molecule has 3 aromatic rings. The van der Waals surface area contributed by atoms with Gasteiger partial charge in [0.25, 0.3) is 5.91 Å². The summed E-state index contributed by atoms with van der Waals surface area (Å²) in [5.74, 6) is -5.00. The molecule has 4 rings (SSSR count). The molecule has 162 valence electrons. The van der Waals surface area contributed by atoms with Gasteiger partial charge < -0.3 is 15.0 Å². The lowest BCUT2D eigenvalue weighted by Gasteiger charge is -2.23. The van der Waals surface area contributed by atoms with Gasteiger partial charge in [0.05, 0.1) is 12.5 Å². The Morgan fingerprint density at radius 2 is 2.10 bits per heavy atom. The Labute approximate surface area is 178 Å². The van der Waals surface area contributed by atoms with Crippen molar-refractivity contribution < 1.29 is 18.7 Å². The van der Waals surface area contributed by atoms with Crippen LogP contribution in [0, 0.1) is 0 Å². The zero-order valence-electron chi connectivity index (χ0n) is 17.2. The van der Waals surface area contributed by atoms with E-state index in [0.29, 0.717) is 11.3 Å². The van der Waals surface area contributed by atoms with E-state index >= 15 is 0 Å². The van der Waals surface area contributed by atoms with Crippen LogP contribution in [-0.4, -0.2) is 30.8 Å². The number of nitrogens with one attached hydrogen (secondary N) is 1. The fourth-order valence-corrected chi connectivity index (χ4v) is 3.54. The highest BCUT2D eigenvalue weighted by Crippen LogP contribution is 2.42. The molecule has 1 amide bonds. The summed E-state index contributed by atoms with van der Waals surface area (Å²) in [7, 11) is 1.47. The Kier molecular flexibility index (Phi) is 5.53. The number of hydrogen-bond acceptors (Lipinski definition) is 5. The van der Waals surface area contributed by atoms with Crippen molar-refractivity contribution in [1.82, 2.24) is 19.7 Å². The van der Waals surface area contributed by atoms with Gasteiger partial charge in [-0.2, -0.15) is 8.78 Å². The zero-order valence-corrected chi connectivity index (χ0v) is 17.2. The first-order valence-corrected chi connectivity index (χ1v) is 10.1. The number of rotatable bonds is 7. The first-order chi connectivity index (χ1) is 14.8. The summed E-state index contributed by atoms with van der Waals surface area (Å²) in [6, 6.07) is 9.63. The van der Waals surface area contributed by atoms with Crippen molar-refractivity contribution in [2.24, 2.45) is 7.05 Å². The fraction of sp³-hybridized carbons (Fsp3) is 0.364. The van der Waals surface area contributed by atoms with E-state index in [0.717, 1.165) is 24.1 Å². The zero-order chi connectivity index (χ0) is 22.2. The molecule has 0 radical (unpaired) electrons. The van der Waals surface area contributed by atoms with Crippen LogP contribution in [0.15, 0.2) is 42.7 Å². The molecule has 0 aliphatic heterocycles. The van der Waals surface area contributed by atoms with E-state index in [2.05, 4.69) is 20.5 Å². The molecule has 0 bridgehead atoms. The number of halogens is 2. The van der Waals surface area contributed by atoms with Gasteiger partial charge in [0.2, 0.25) is 5.82 Å². The molecular weight excluding hydrogens is 404 g/mol. The first-order valence-electron chi connectivity index (χ1n) is 10.1. The summed E-state index contributed by atoms with van der Waals surface area (Å²) in [6.07, 6.45) is 3.22. The lowest BCUT2D eigenvalue weighted by Crippen LogP contribution is -2.26. The minimum atomic E-state index is -3.24. The number of aliphatic hydroxyl groups is 1. The first kappa shape index (κ1) is 21.0. The van der Waals surface area contributed by atoms with Crippen molar-refractivity contribution >= 4 is 11.6 Å². The summed E-state index contributed by atoms with van der Waals surface area (Å²) in [6.45, 7) is 1.28. The van der Waals surface area contributed by atoms with Crippen molar-refractivity contribution in [2.45, 2.75) is 44.1 Å². The van der Waals surface area contributed by atoms with E-state index in [1.54, 1.807) is 30.3 Å². The number of pyridine rings is 1. The molecule has 9 heteroatoms. The van der Waals surface area contributed by atoms with E-state index < -0.39 is 23.6 Å². The van der Waals surface area contributed by atoms with Crippen LogP contribution in [-0.2, 0) is 19.6 Å². The minimum Gasteiger partial charge on any atom is -0.392 e. The lowest BCUT2D eigenvalue weighted by molar-refractivity contribution is -0.0401. The maximum Gasteiger partial charge on any atom is 0.313 e. The van der Waals surface area contributed by atoms with Gasteiger partial charge in [0, 0.05) is 24.3 Å². The Balaban J connectivity index is 1.54. The van der Waals surface area contributed by atoms with E-state index in [9.17, 15) is 18.7 Å². The number of alkyl halides is 2. The molecule has 1 fully saturated rings. The molecule has 0 saturated heterocycles. The molecule has 2 aromatic heterocycles. The number of anilines is 1. The fourth-order valence-electron chi connectivity index (χ4n) is 3.54. The summed E-state index contributed by atoms with van der Waals surface area (Å²) in [5.41, 5.74) is 2.45. The number of nitrogens with zero attached hydrogens (tertiary/aromatic N) is 4. The van der Waals surface area contributed by atoms with Crippen molar-refractivity contribution in [2.75, 3.05) is 5.32 Å². The number of benzene rings is 1. The van der Waals surface area contributed by atoms with Crippen molar-refractivity contribution in [3.8, 4) is 0 Å². The molecule has 1 aliphatic rings. The normalized spacial score (nSPS) is 15.0. The quantitative estimate of drug-likeness (QED) is 0.599. The largest absolute Gasteiger partial charge is 0.392 e. The molecule has 7 nitrogen and oxygen atoms in total. The van der Waals surface area contributed by atoms with Gasteiger partial charge >= 0.3 is 5.92 Å². The van der Waals surface area contributed by atoms with E-state index in [4.69, 9.17) is 0 Å². The average Bonchev–Trinajstić information content (AvgIpc) is 3.52. The van der Waals surface area contributed by atoms with Crippen LogP contribution in [0.5, 0.6) is 0 Å². The number of aliphatic hydroxyl groups excluding tert-OH is 1. The van der Waals surface area contributed by atoms with E-state index in [-0.39, 0.29) is 18.2 Å². The summed E-state index contributed by atoms with van der Waals surface area (Å²) in [5, 5.41) is 19.3. The van der Waals surface area contributed by atoms with Gasteiger partial charge in [-0.3, -0.25) is 4.79 Å². The molecule has 1 unspecified atom stereocenters. The molecule has 2 heterocycles. The molecule has 0 spiro atoms. The summed E-state index contributed by atoms with van der Waals surface area (Å²) >= 11 is 0. The predicted octanol–water partition coefficient (Wildman–Crippen LogP) is 3.73. The summed E-state index contributed by atoms with van der Waals surface area (Å²) in [4.78, 5) is 17.1. The molecule has 1 saturated carbocycles. The molecular formula is C22H23F2N5O2. The maximum atomic E-state index is 14.9. The van der Waals surface area contributed by atoms with Crippen molar-refractivity contribution in [3.63, 3.8) is 0 Å². The number of aryl methyl sites for hydroxylation is 1.